The number of benzene rings is 1. The number of aryl methyl sites for hydroxylation is 1. The molecule has 0 aromatic heterocycles. The maximum atomic E-state index is 12.4. The maximum absolute atomic E-state index is 12.4. The highest BCUT2D eigenvalue weighted by Crippen LogP contribution is 2.19. The zero-order chi connectivity index (χ0) is 12.2. The van der Waals surface area contributed by atoms with E-state index in [0.29, 0.717) is 17.9 Å². The lowest BCUT2D eigenvalue weighted by molar-refractivity contribution is 0.307. The molecule has 16 heavy (non-hydrogen) atoms. The first kappa shape index (κ1) is 12.9. The summed E-state index contributed by atoms with van der Waals surface area (Å²) in [6, 6.07) is 3.62. The number of halogens is 3. The van der Waals surface area contributed by atoms with Crippen LogP contribution in [0.1, 0.15) is 25.3 Å². The van der Waals surface area contributed by atoms with E-state index in [-0.39, 0.29) is 0 Å². The predicted octanol–water partition coefficient (Wildman–Crippen LogP) is 3.23. The van der Waals surface area contributed by atoms with Crippen LogP contribution >= 0.6 is 0 Å². The quantitative estimate of drug-likeness (QED) is 0.558. The van der Waals surface area contributed by atoms with Crippen molar-refractivity contribution < 1.29 is 17.7 Å². The normalized spacial score (nSPS) is 11.6. The number of ether oxygens (including phenoxy) is 1. The third-order valence-electron chi connectivity index (χ3n) is 2.33. The first-order valence-electron chi connectivity index (χ1n) is 5.38. The smallest absolute Gasteiger partial charge is 0.493 e. The van der Waals surface area contributed by atoms with E-state index in [0.717, 1.165) is 25.0 Å². The molecule has 0 unspecified atom stereocenters. The third kappa shape index (κ3) is 3.47. The molecular weight excluding hydrogens is 216 g/mol. The van der Waals surface area contributed by atoms with Crippen molar-refractivity contribution in [2.45, 2.75) is 26.7 Å². The molecule has 0 fully saturated rings. The summed E-state index contributed by atoms with van der Waals surface area (Å²) in [6.45, 7) is -0.699. The summed E-state index contributed by atoms with van der Waals surface area (Å²) in [5.74, 6) is 0.539. The van der Waals surface area contributed by atoms with Crippen LogP contribution in [0.3, 0.4) is 0 Å². The van der Waals surface area contributed by atoms with Gasteiger partial charge in [-0.25, -0.2) is 0 Å². The Morgan fingerprint density at radius 2 is 1.94 bits per heavy atom. The molecule has 0 bridgehead atoms. The molecule has 1 rings (SSSR count). The number of hydrogen-bond acceptors (Lipinski definition) is 1. The topological polar surface area (TPSA) is 9.23 Å². The van der Waals surface area contributed by atoms with Gasteiger partial charge >= 0.3 is 6.98 Å². The second kappa shape index (κ2) is 5.28. The van der Waals surface area contributed by atoms with Crippen molar-refractivity contribution in [2.24, 2.45) is 0 Å². The average Bonchev–Trinajstić information content (AvgIpc) is 2.19. The molecule has 0 aliphatic carbocycles. The first-order chi connectivity index (χ1) is 7.45. The van der Waals surface area contributed by atoms with Crippen molar-refractivity contribution >= 4 is 12.4 Å². The van der Waals surface area contributed by atoms with Gasteiger partial charge in [0.15, 0.2) is 0 Å². The van der Waals surface area contributed by atoms with Crippen LogP contribution in [0, 0.1) is 6.92 Å². The van der Waals surface area contributed by atoms with Crippen molar-refractivity contribution in [3.63, 3.8) is 0 Å². The molecule has 0 N–H and O–H groups in total. The molecule has 5 heteroatoms. The zero-order valence-corrected chi connectivity index (χ0v) is 9.47. The second-order valence-electron chi connectivity index (χ2n) is 3.80. The molecule has 0 amide bonds. The van der Waals surface area contributed by atoms with Crippen LogP contribution in [0.4, 0.5) is 12.9 Å². The molecule has 0 aliphatic rings. The van der Waals surface area contributed by atoms with E-state index in [2.05, 4.69) is 0 Å². The molecule has 0 aliphatic heterocycles. The lowest BCUT2D eigenvalue weighted by Gasteiger charge is -2.17. The second-order valence-corrected chi connectivity index (χ2v) is 3.80. The van der Waals surface area contributed by atoms with Gasteiger partial charge in [0, 0.05) is 0 Å². The van der Waals surface area contributed by atoms with Crippen molar-refractivity contribution in [1.29, 1.82) is 0 Å². The fourth-order valence-corrected chi connectivity index (χ4v) is 1.36. The third-order valence-corrected chi connectivity index (χ3v) is 2.33. The molecule has 1 aromatic rings. The number of hydrogen-bond donors (Lipinski definition) is 0. The Balaban J connectivity index is 2.76. The van der Waals surface area contributed by atoms with Crippen LogP contribution in [-0.2, 0) is 0 Å². The number of rotatable bonds is 5. The Bertz CT molecular complexity index is 350. The average molecular weight is 231 g/mol. The summed E-state index contributed by atoms with van der Waals surface area (Å²) >= 11 is 0. The van der Waals surface area contributed by atoms with Crippen molar-refractivity contribution in [3.8, 4) is 5.75 Å². The van der Waals surface area contributed by atoms with Crippen molar-refractivity contribution in [3.05, 3.63) is 23.8 Å². The molecule has 0 radical (unpaired) electrons. The monoisotopic (exact) mass is 231 g/mol. The fourth-order valence-electron chi connectivity index (χ4n) is 1.36. The minimum absolute atomic E-state index is 0.535. The summed E-state index contributed by atoms with van der Waals surface area (Å²) < 4.78 is 42.7. The highest BCUT2D eigenvalue weighted by Gasteiger charge is 2.25. The molecule has 1 nitrogen and oxygen atoms in total. The van der Waals surface area contributed by atoms with Gasteiger partial charge in [-0.05, 0) is 25.0 Å². The minimum atomic E-state index is -4.91. The Hall–Kier alpha value is -1.13. The SMILES string of the molecule is CCCCOc1ccc([B-](F)(F)F)cc1C. The van der Waals surface area contributed by atoms with Crippen LogP contribution in [0.25, 0.3) is 0 Å². The van der Waals surface area contributed by atoms with E-state index >= 15 is 0 Å². The Morgan fingerprint density at radius 1 is 1.25 bits per heavy atom. The Labute approximate surface area is 93.7 Å². The predicted molar refractivity (Wildman–Crippen MR) is 60.3 cm³/mol. The van der Waals surface area contributed by atoms with Gasteiger partial charge < -0.3 is 17.7 Å². The summed E-state index contributed by atoms with van der Waals surface area (Å²) in [7, 11) is 0. The van der Waals surface area contributed by atoms with E-state index < -0.39 is 12.4 Å². The van der Waals surface area contributed by atoms with Gasteiger partial charge in [-0.3, -0.25) is 0 Å². The highest BCUT2D eigenvalue weighted by molar-refractivity contribution is 6.73. The van der Waals surface area contributed by atoms with Crippen molar-refractivity contribution in [1.82, 2.24) is 0 Å². The zero-order valence-electron chi connectivity index (χ0n) is 9.47. The standard InChI is InChI=1S/C11H15BF3O/c1-3-4-7-16-11-6-5-10(8-9(11)2)12(13,14)15/h5-6,8H,3-4,7H2,1-2H3/q-1. The van der Waals surface area contributed by atoms with Crippen LogP contribution in [0.2, 0.25) is 0 Å². The van der Waals surface area contributed by atoms with Crippen LogP contribution in [0.5, 0.6) is 5.75 Å². The first-order valence-corrected chi connectivity index (χ1v) is 5.38. The lowest BCUT2D eigenvalue weighted by Crippen LogP contribution is -2.34. The minimum Gasteiger partial charge on any atom is -0.493 e. The van der Waals surface area contributed by atoms with E-state index in [1.54, 1.807) is 6.92 Å². The van der Waals surface area contributed by atoms with Crippen LogP contribution < -0.4 is 10.2 Å². The summed E-state index contributed by atoms with van der Waals surface area (Å²) in [6.07, 6.45) is 1.91. The van der Waals surface area contributed by atoms with Gasteiger partial charge in [0.05, 0.1) is 6.61 Å². The summed E-state index contributed by atoms with van der Waals surface area (Å²) in [5, 5.41) is 0. The summed E-state index contributed by atoms with van der Waals surface area (Å²) in [5.41, 5.74) is -0.0341. The molecule has 0 saturated carbocycles. The molecule has 0 spiro atoms. The van der Waals surface area contributed by atoms with E-state index in [9.17, 15) is 12.9 Å². The maximum Gasteiger partial charge on any atom is 0.509 e. The van der Waals surface area contributed by atoms with E-state index in [1.807, 2.05) is 6.92 Å². The summed E-state index contributed by atoms with van der Waals surface area (Å²) in [4.78, 5) is 0. The largest absolute Gasteiger partial charge is 0.509 e. The van der Waals surface area contributed by atoms with E-state index in [4.69, 9.17) is 4.74 Å². The van der Waals surface area contributed by atoms with Gasteiger partial charge in [0.1, 0.15) is 5.75 Å². The lowest BCUT2D eigenvalue weighted by atomic mass is 9.79. The van der Waals surface area contributed by atoms with Crippen LogP contribution in [0.15, 0.2) is 18.2 Å². The van der Waals surface area contributed by atoms with E-state index in [1.165, 1.54) is 6.07 Å². The van der Waals surface area contributed by atoms with Gasteiger partial charge in [0.25, 0.3) is 0 Å². The Kier molecular flexibility index (Phi) is 4.27. The van der Waals surface area contributed by atoms with Crippen LogP contribution in [-0.4, -0.2) is 13.6 Å². The molecular formula is C11H15BF3O-. The van der Waals surface area contributed by atoms with Gasteiger partial charge in [-0.1, -0.05) is 25.5 Å². The fraction of sp³-hybridized carbons (Fsp3) is 0.455. The number of unbranched alkanes of at least 4 members (excludes halogenated alkanes) is 1. The van der Waals surface area contributed by atoms with Gasteiger partial charge in [0.2, 0.25) is 0 Å². The molecule has 0 atom stereocenters. The molecule has 90 valence electrons. The van der Waals surface area contributed by atoms with Crippen molar-refractivity contribution in [2.75, 3.05) is 6.61 Å². The Morgan fingerprint density at radius 3 is 2.44 bits per heavy atom. The highest BCUT2D eigenvalue weighted by atomic mass is 19.4. The molecule has 1 aromatic carbocycles. The van der Waals surface area contributed by atoms with Gasteiger partial charge in [-0.2, -0.15) is 0 Å². The molecule has 0 heterocycles. The molecule has 0 saturated heterocycles. The van der Waals surface area contributed by atoms with Gasteiger partial charge in [-0.15, -0.1) is 5.46 Å².